The third-order valence-electron chi connectivity index (χ3n) is 2.88. The van der Waals surface area contributed by atoms with Gasteiger partial charge < -0.3 is 10.1 Å². The molecule has 2 aromatic rings. The van der Waals surface area contributed by atoms with Gasteiger partial charge in [0.15, 0.2) is 0 Å². The third kappa shape index (κ3) is 4.51. The Morgan fingerprint density at radius 3 is 2.52 bits per heavy atom. The van der Waals surface area contributed by atoms with Crippen LogP contribution in [-0.4, -0.2) is 6.10 Å². The van der Waals surface area contributed by atoms with Crippen molar-refractivity contribution in [3.8, 4) is 11.8 Å². The minimum Gasteiger partial charge on any atom is -0.491 e. The molecule has 1 N–H and O–H groups in total. The molecular weight excluding hydrogens is 328 g/mol. The van der Waals surface area contributed by atoms with Crippen molar-refractivity contribution in [2.24, 2.45) is 0 Å². The first-order chi connectivity index (χ1) is 10.1. The number of nitriles is 1. The minimum atomic E-state index is 0.175. The van der Waals surface area contributed by atoms with Crippen LogP contribution in [0.1, 0.15) is 25.0 Å². The van der Waals surface area contributed by atoms with Crippen LogP contribution in [0.3, 0.4) is 0 Å². The number of hydrogen-bond donors (Lipinski definition) is 1. The quantitative estimate of drug-likeness (QED) is 0.853. The molecular formula is C17H17BrN2O. The van der Waals surface area contributed by atoms with E-state index in [9.17, 15) is 0 Å². The van der Waals surface area contributed by atoms with Crippen LogP contribution in [0.25, 0.3) is 0 Å². The summed E-state index contributed by atoms with van der Waals surface area (Å²) in [6, 6.07) is 15.7. The molecule has 108 valence electrons. The van der Waals surface area contributed by atoms with Crippen molar-refractivity contribution in [3.05, 3.63) is 58.1 Å². The molecule has 0 unspecified atom stereocenters. The highest BCUT2D eigenvalue weighted by molar-refractivity contribution is 9.10. The van der Waals surface area contributed by atoms with E-state index in [2.05, 4.69) is 27.3 Å². The summed E-state index contributed by atoms with van der Waals surface area (Å²) in [5.74, 6) is 0.869. The van der Waals surface area contributed by atoms with Gasteiger partial charge in [0.05, 0.1) is 17.4 Å². The summed E-state index contributed by atoms with van der Waals surface area (Å²) in [6.45, 7) is 4.67. The molecule has 0 bridgehead atoms. The van der Waals surface area contributed by atoms with E-state index in [0.29, 0.717) is 12.1 Å². The van der Waals surface area contributed by atoms with Gasteiger partial charge in [0.25, 0.3) is 0 Å². The van der Waals surface area contributed by atoms with Crippen molar-refractivity contribution in [1.29, 1.82) is 5.26 Å². The van der Waals surface area contributed by atoms with Crippen molar-refractivity contribution < 1.29 is 4.74 Å². The Balaban J connectivity index is 2.03. The molecule has 2 rings (SSSR count). The van der Waals surface area contributed by atoms with E-state index in [1.165, 1.54) is 0 Å². The Morgan fingerprint density at radius 1 is 1.19 bits per heavy atom. The van der Waals surface area contributed by atoms with Crippen molar-refractivity contribution >= 4 is 21.6 Å². The van der Waals surface area contributed by atoms with Crippen LogP contribution in [0, 0.1) is 11.3 Å². The van der Waals surface area contributed by atoms with Crippen LogP contribution in [0.5, 0.6) is 5.75 Å². The first-order valence-electron chi connectivity index (χ1n) is 6.77. The van der Waals surface area contributed by atoms with E-state index in [1.807, 2.05) is 50.2 Å². The predicted molar refractivity (Wildman–Crippen MR) is 88.4 cm³/mol. The van der Waals surface area contributed by atoms with E-state index in [1.54, 1.807) is 6.07 Å². The maximum absolute atomic E-state index is 9.10. The Bertz CT molecular complexity index is 645. The molecule has 3 nitrogen and oxygen atoms in total. The van der Waals surface area contributed by atoms with Gasteiger partial charge in [-0.2, -0.15) is 5.26 Å². The zero-order chi connectivity index (χ0) is 15.2. The molecule has 0 fully saturated rings. The highest BCUT2D eigenvalue weighted by Crippen LogP contribution is 2.22. The maximum Gasteiger partial charge on any atom is 0.119 e. The highest BCUT2D eigenvalue weighted by Gasteiger charge is 2.03. The number of anilines is 1. The molecule has 0 amide bonds. The molecule has 0 aromatic heterocycles. The summed E-state index contributed by atoms with van der Waals surface area (Å²) in [5.41, 5.74) is 2.60. The Hall–Kier alpha value is -1.99. The first-order valence-corrected chi connectivity index (χ1v) is 7.57. The van der Waals surface area contributed by atoms with Gasteiger partial charge in [-0.1, -0.05) is 28.1 Å². The average Bonchev–Trinajstić information content (AvgIpc) is 2.46. The molecule has 4 heteroatoms. The Morgan fingerprint density at radius 2 is 1.90 bits per heavy atom. The topological polar surface area (TPSA) is 45.0 Å². The van der Waals surface area contributed by atoms with E-state index in [-0.39, 0.29) is 6.10 Å². The summed E-state index contributed by atoms with van der Waals surface area (Å²) < 4.78 is 6.56. The maximum atomic E-state index is 9.10. The second-order valence-corrected chi connectivity index (χ2v) is 5.88. The third-order valence-corrected chi connectivity index (χ3v) is 3.37. The van der Waals surface area contributed by atoms with Gasteiger partial charge >= 0.3 is 0 Å². The summed E-state index contributed by atoms with van der Waals surface area (Å²) >= 11 is 3.42. The van der Waals surface area contributed by atoms with Crippen LogP contribution in [0.2, 0.25) is 0 Å². The van der Waals surface area contributed by atoms with Crippen molar-refractivity contribution in [3.63, 3.8) is 0 Å². The van der Waals surface area contributed by atoms with Crippen LogP contribution >= 0.6 is 15.9 Å². The number of ether oxygens (including phenoxy) is 1. The monoisotopic (exact) mass is 344 g/mol. The molecule has 0 spiro atoms. The number of nitrogens with one attached hydrogen (secondary N) is 1. The number of nitrogens with zero attached hydrogens (tertiary/aromatic N) is 1. The molecule has 0 atom stereocenters. The van der Waals surface area contributed by atoms with Crippen LogP contribution < -0.4 is 10.1 Å². The number of benzene rings is 2. The SMILES string of the molecule is CC(C)Oc1ccc(CNc2cc(Br)ccc2C#N)cc1. The summed E-state index contributed by atoms with van der Waals surface area (Å²) in [6.07, 6.45) is 0.175. The smallest absolute Gasteiger partial charge is 0.119 e. The minimum absolute atomic E-state index is 0.175. The van der Waals surface area contributed by atoms with E-state index >= 15 is 0 Å². The standard InChI is InChI=1S/C17H17BrN2O/c1-12(2)21-16-7-3-13(4-8-16)11-20-17-9-15(18)6-5-14(17)10-19/h3-9,12,20H,11H2,1-2H3. The zero-order valence-electron chi connectivity index (χ0n) is 12.1. The van der Waals surface area contributed by atoms with Gasteiger partial charge in [0.2, 0.25) is 0 Å². The van der Waals surface area contributed by atoms with Gasteiger partial charge in [-0.05, 0) is 49.7 Å². The lowest BCUT2D eigenvalue weighted by atomic mass is 10.1. The van der Waals surface area contributed by atoms with Gasteiger partial charge in [-0.3, -0.25) is 0 Å². The summed E-state index contributed by atoms with van der Waals surface area (Å²) in [4.78, 5) is 0. The van der Waals surface area contributed by atoms with E-state index in [0.717, 1.165) is 21.5 Å². The molecule has 0 saturated heterocycles. The van der Waals surface area contributed by atoms with Crippen LogP contribution in [0.4, 0.5) is 5.69 Å². The summed E-state index contributed by atoms with van der Waals surface area (Å²) in [5, 5.41) is 12.4. The molecule has 0 saturated carbocycles. The summed E-state index contributed by atoms with van der Waals surface area (Å²) in [7, 11) is 0. The zero-order valence-corrected chi connectivity index (χ0v) is 13.6. The average molecular weight is 345 g/mol. The molecule has 2 aromatic carbocycles. The van der Waals surface area contributed by atoms with Gasteiger partial charge in [0, 0.05) is 11.0 Å². The molecule has 0 aliphatic carbocycles. The normalized spacial score (nSPS) is 10.2. The van der Waals surface area contributed by atoms with Crippen molar-refractivity contribution in [2.75, 3.05) is 5.32 Å². The fourth-order valence-corrected chi connectivity index (χ4v) is 2.28. The van der Waals surface area contributed by atoms with Gasteiger partial charge in [-0.25, -0.2) is 0 Å². The first kappa shape index (κ1) is 15.4. The lowest BCUT2D eigenvalue weighted by Gasteiger charge is -2.11. The molecule has 0 heterocycles. The predicted octanol–water partition coefficient (Wildman–Crippen LogP) is 4.72. The van der Waals surface area contributed by atoms with Gasteiger partial charge in [0.1, 0.15) is 11.8 Å². The molecule has 0 aliphatic rings. The van der Waals surface area contributed by atoms with Crippen LogP contribution in [0.15, 0.2) is 46.9 Å². The fourth-order valence-electron chi connectivity index (χ4n) is 1.92. The van der Waals surface area contributed by atoms with Gasteiger partial charge in [-0.15, -0.1) is 0 Å². The van der Waals surface area contributed by atoms with Crippen LogP contribution in [-0.2, 0) is 6.54 Å². The lowest BCUT2D eigenvalue weighted by molar-refractivity contribution is 0.242. The van der Waals surface area contributed by atoms with Crippen molar-refractivity contribution in [2.45, 2.75) is 26.5 Å². The van der Waals surface area contributed by atoms with Crippen molar-refractivity contribution in [1.82, 2.24) is 0 Å². The van der Waals surface area contributed by atoms with E-state index < -0.39 is 0 Å². The number of halogens is 1. The molecule has 0 aliphatic heterocycles. The largest absolute Gasteiger partial charge is 0.491 e. The highest BCUT2D eigenvalue weighted by atomic mass is 79.9. The second-order valence-electron chi connectivity index (χ2n) is 4.97. The number of rotatable bonds is 5. The van der Waals surface area contributed by atoms with E-state index in [4.69, 9.17) is 10.00 Å². The Kier molecular flexibility index (Phi) is 5.24. The lowest BCUT2D eigenvalue weighted by Crippen LogP contribution is -2.06. The molecule has 21 heavy (non-hydrogen) atoms. The fraction of sp³-hybridized carbons (Fsp3) is 0.235. The second kappa shape index (κ2) is 7.14. The number of hydrogen-bond acceptors (Lipinski definition) is 3. The molecule has 0 radical (unpaired) electrons. The Labute approximate surface area is 133 Å².